The van der Waals surface area contributed by atoms with E-state index in [1.165, 1.54) is 199 Å². The molecule has 1 unspecified atom stereocenters. The second-order valence-electron chi connectivity index (χ2n) is 20.3. The van der Waals surface area contributed by atoms with E-state index in [2.05, 4.69) is 69.4 Å². The van der Waals surface area contributed by atoms with Crippen molar-refractivity contribution in [3.63, 3.8) is 0 Å². The summed E-state index contributed by atoms with van der Waals surface area (Å²) < 4.78 is 16.9. The van der Waals surface area contributed by atoms with Crippen LogP contribution in [0.25, 0.3) is 0 Å². The van der Waals surface area contributed by atoms with E-state index in [9.17, 15) is 14.4 Å². The Hall–Kier alpha value is -2.63. The van der Waals surface area contributed by atoms with Crippen molar-refractivity contribution in [3.05, 3.63) is 48.6 Å². The first-order valence-corrected chi connectivity index (χ1v) is 30.1. The molecule has 0 aromatic heterocycles. The lowest BCUT2D eigenvalue weighted by molar-refractivity contribution is -0.167. The van der Waals surface area contributed by atoms with Crippen LogP contribution in [-0.2, 0) is 28.6 Å². The topological polar surface area (TPSA) is 78.9 Å². The van der Waals surface area contributed by atoms with E-state index in [1.807, 2.05) is 0 Å². The van der Waals surface area contributed by atoms with Crippen LogP contribution >= 0.6 is 0 Å². The lowest BCUT2D eigenvalue weighted by Crippen LogP contribution is -2.30. The van der Waals surface area contributed by atoms with E-state index in [1.54, 1.807) is 0 Å². The summed E-state index contributed by atoms with van der Waals surface area (Å²) in [5, 5.41) is 0. The van der Waals surface area contributed by atoms with E-state index < -0.39 is 6.10 Å². The zero-order valence-electron chi connectivity index (χ0n) is 46.1. The Morgan fingerprint density at radius 1 is 0.290 bits per heavy atom. The van der Waals surface area contributed by atoms with Gasteiger partial charge in [0.15, 0.2) is 6.10 Å². The highest BCUT2D eigenvalue weighted by Gasteiger charge is 2.19. The third-order valence-electron chi connectivity index (χ3n) is 13.3. The van der Waals surface area contributed by atoms with E-state index in [4.69, 9.17) is 14.2 Å². The Kier molecular flexibility index (Phi) is 55.7. The molecule has 0 aliphatic rings. The first-order valence-electron chi connectivity index (χ1n) is 30.1. The molecule has 0 spiro atoms. The highest BCUT2D eigenvalue weighted by Crippen LogP contribution is 2.16. The van der Waals surface area contributed by atoms with Crippen molar-refractivity contribution >= 4 is 17.9 Å². The molecular weight excluding hydrogens is 853 g/mol. The molecule has 0 fully saturated rings. The van der Waals surface area contributed by atoms with Crippen LogP contribution in [0.5, 0.6) is 0 Å². The number of unbranched alkanes of at least 4 members (excludes halogenated alkanes) is 36. The Bertz CT molecular complexity index is 1200. The minimum atomic E-state index is -0.775. The molecule has 0 bridgehead atoms. The van der Waals surface area contributed by atoms with Crippen LogP contribution in [0, 0.1) is 0 Å². The average molecular weight is 968 g/mol. The van der Waals surface area contributed by atoms with Crippen molar-refractivity contribution in [1.82, 2.24) is 0 Å². The number of allylic oxidation sites excluding steroid dienone is 8. The largest absolute Gasteiger partial charge is 0.462 e. The summed E-state index contributed by atoms with van der Waals surface area (Å²) >= 11 is 0. The Labute approximate surface area is 428 Å². The predicted molar refractivity (Wildman–Crippen MR) is 298 cm³/mol. The van der Waals surface area contributed by atoms with Crippen molar-refractivity contribution in [1.29, 1.82) is 0 Å². The Balaban J connectivity index is 4.26. The van der Waals surface area contributed by atoms with Crippen molar-refractivity contribution < 1.29 is 28.6 Å². The minimum absolute atomic E-state index is 0.0740. The van der Waals surface area contributed by atoms with Gasteiger partial charge >= 0.3 is 17.9 Å². The standard InChI is InChI=1S/C63H114O6/c1-4-7-10-13-16-19-22-24-26-28-30-31-32-33-34-36-37-39-41-44-47-50-53-56-62(65)68-59-60(58-67-61(64)55-52-49-46-43-21-18-15-12-9-6-3)69-63(66)57-54-51-48-45-42-40-38-35-29-27-25-23-20-17-14-11-8-5-2/h20,22-24,27-30,60H,4-19,21,25-26,31-59H2,1-3H3/b23-20-,24-22-,29-27-,30-28-. The van der Waals surface area contributed by atoms with Gasteiger partial charge in [0, 0.05) is 19.3 Å². The summed E-state index contributed by atoms with van der Waals surface area (Å²) in [6.07, 6.45) is 71.1. The summed E-state index contributed by atoms with van der Waals surface area (Å²) in [4.78, 5) is 38.1. The van der Waals surface area contributed by atoms with Crippen LogP contribution in [0.1, 0.15) is 316 Å². The average Bonchev–Trinajstić information content (AvgIpc) is 3.35. The fourth-order valence-corrected chi connectivity index (χ4v) is 8.74. The maximum atomic E-state index is 12.9. The van der Waals surface area contributed by atoms with E-state index in [0.29, 0.717) is 19.3 Å². The predicted octanol–water partition coefficient (Wildman–Crippen LogP) is 20.2. The van der Waals surface area contributed by atoms with Crippen LogP contribution < -0.4 is 0 Å². The maximum Gasteiger partial charge on any atom is 0.306 e. The van der Waals surface area contributed by atoms with Gasteiger partial charge in [-0.15, -0.1) is 0 Å². The minimum Gasteiger partial charge on any atom is -0.462 e. The highest BCUT2D eigenvalue weighted by molar-refractivity contribution is 5.71. The number of rotatable bonds is 55. The van der Waals surface area contributed by atoms with Crippen LogP contribution in [0.15, 0.2) is 48.6 Å². The molecule has 0 saturated carbocycles. The van der Waals surface area contributed by atoms with Crippen molar-refractivity contribution in [3.8, 4) is 0 Å². The van der Waals surface area contributed by atoms with Gasteiger partial charge in [-0.1, -0.05) is 262 Å². The molecule has 0 amide bonds. The van der Waals surface area contributed by atoms with Crippen molar-refractivity contribution in [2.45, 2.75) is 322 Å². The molecule has 0 aromatic carbocycles. The number of hydrogen-bond donors (Lipinski definition) is 0. The van der Waals surface area contributed by atoms with Crippen LogP contribution in [0.2, 0.25) is 0 Å². The number of carbonyl (C=O) groups excluding carboxylic acids is 3. The second-order valence-corrected chi connectivity index (χ2v) is 20.3. The van der Waals surface area contributed by atoms with Crippen LogP contribution in [-0.4, -0.2) is 37.2 Å². The SMILES string of the molecule is CCCCCC/C=C\C/C=C\CCCCCCCCCC(=O)OC(COC(=O)CCCCCCCCCCCC)COC(=O)CCCCCCCCCCCCC/C=C\C/C=C\CCCCCCC. The maximum absolute atomic E-state index is 12.9. The second kappa shape index (κ2) is 57.9. The molecule has 0 aliphatic carbocycles. The molecular formula is C63H114O6. The van der Waals surface area contributed by atoms with Gasteiger partial charge in [-0.25, -0.2) is 0 Å². The van der Waals surface area contributed by atoms with Gasteiger partial charge in [0.1, 0.15) is 13.2 Å². The van der Waals surface area contributed by atoms with E-state index in [-0.39, 0.29) is 31.1 Å². The summed E-state index contributed by atoms with van der Waals surface area (Å²) in [6, 6.07) is 0. The first-order chi connectivity index (χ1) is 34.0. The lowest BCUT2D eigenvalue weighted by atomic mass is 10.0. The Morgan fingerprint density at radius 2 is 0.522 bits per heavy atom. The summed E-state index contributed by atoms with van der Waals surface area (Å²) in [5.74, 6) is -0.870. The highest BCUT2D eigenvalue weighted by atomic mass is 16.6. The van der Waals surface area contributed by atoms with Gasteiger partial charge in [0.05, 0.1) is 0 Å². The van der Waals surface area contributed by atoms with Gasteiger partial charge in [-0.05, 0) is 83.5 Å². The quantitative estimate of drug-likeness (QED) is 0.0262. The number of hydrogen-bond acceptors (Lipinski definition) is 6. The molecule has 0 aliphatic heterocycles. The fourth-order valence-electron chi connectivity index (χ4n) is 8.74. The molecule has 0 saturated heterocycles. The molecule has 0 heterocycles. The van der Waals surface area contributed by atoms with Gasteiger partial charge in [-0.2, -0.15) is 0 Å². The molecule has 6 nitrogen and oxygen atoms in total. The normalized spacial score (nSPS) is 12.3. The number of ether oxygens (including phenoxy) is 3. The number of esters is 3. The lowest BCUT2D eigenvalue weighted by Gasteiger charge is -2.18. The fraction of sp³-hybridized carbons (Fsp3) is 0.825. The number of carbonyl (C=O) groups is 3. The summed E-state index contributed by atoms with van der Waals surface area (Å²) in [5.41, 5.74) is 0. The summed E-state index contributed by atoms with van der Waals surface area (Å²) in [7, 11) is 0. The van der Waals surface area contributed by atoms with Gasteiger partial charge in [0.2, 0.25) is 0 Å². The molecule has 0 rings (SSSR count). The van der Waals surface area contributed by atoms with Gasteiger partial charge in [0.25, 0.3) is 0 Å². The van der Waals surface area contributed by atoms with Gasteiger partial charge in [-0.3, -0.25) is 14.4 Å². The molecule has 0 aromatic rings. The molecule has 1 atom stereocenters. The van der Waals surface area contributed by atoms with E-state index >= 15 is 0 Å². The first kappa shape index (κ1) is 66.4. The smallest absolute Gasteiger partial charge is 0.306 e. The van der Waals surface area contributed by atoms with Gasteiger partial charge < -0.3 is 14.2 Å². The molecule has 0 radical (unpaired) electrons. The zero-order valence-corrected chi connectivity index (χ0v) is 46.1. The van der Waals surface area contributed by atoms with Crippen molar-refractivity contribution in [2.24, 2.45) is 0 Å². The molecule has 69 heavy (non-hydrogen) atoms. The Morgan fingerprint density at radius 3 is 0.812 bits per heavy atom. The summed E-state index contributed by atoms with van der Waals surface area (Å²) in [6.45, 7) is 6.63. The monoisotopic (exact) mass is 967 g/mol. The molecule has 0 N–H and O–H groups in total. The van der Waals surface area contributed by atoms with Crippen LogP contribution in [0.3, 0.4) is 0 Å². The van der Waals surface area contributed by atoms with Crippen LogP contribution in [0.4, 0.5) is 0 Å². The van der Waals surface area contributed by atoms with Crippen molar-refractivity contribution in [2.75, 3.05) is 13.2 Å². The third-order valence-corrected chi connectivity index (χ3v) is 13.3. The van der Waals surface area contributed by atoms with E-state index in [0.717, 1.165) is 77.0 Å². The molecule has 6 heteroatoms. The molecule has 402 valence electrons. The zero-order chi connectivity index (χ0) is 50.0. The third kappa shape index (κ3) is 56.2.